The van der Waals surface area contributed by atoms with Crippen molar-refractivity contribution in [3.63, 3.8) is 0 Å². The summed E-state index contributed by atoms with van der Waals surface area (Å²) in [5.41, 5.74) is 0. The summed E-state index contributed by atoms with van der Waals surface area (Å²) in [6.45, 7) is 3.21. The van der Waals surface area contributed by atoms with Crippen LogP contribution in [0.2, 0.25) is 0 Å². The molecule has 3 rings (SSSR count). The number of ether oxygens (including phenoxy) is 5. The van der Waals surface area contributed by atoms with Crippen LogP contribution in [-0.4, -0.2) is 49.7 Å². The van der Waals surface area contributed by atoms with Gasteiger partial charge in [-0.15, -0.1) is 0 Å². The van der Waals surface area contributed by atoms with Gasteiger partial charge < -0.3 is 28.8 Å². The molecule has 1 aliphatic rings. The number of para-hydroxylation sites is 4. The molecule has 0 bridgehead atoms. The third-order valence-electron chi connectivity index (χ3n) is 4.80. The van der Waals surface area contributed by atoms with E-state index >= 15 is 0 Å². The van der Waals surface area contributed by atoms with E-state index in [1.807, 2.05) is 55.5 Å². The molecular weight excluding hydrogens is 400 g/mol. The van der Waals surface area contributed by atoms with Gasteiger partial charge in [0.15, 0.2) is 29.1 Å². The molecule has 7 heteroatoms. The summed E-state index contributed by atoms with van der Waals surface area (Å²) in [5, 5.41) is 9.58. The maximum absolute atomic E-state index is 11.7. The van der Waals surface area contributed by atoms with Crippen LogP contribution in [0, 0.1) is 0 Å². The zero-order valence-corrected chi connectivity index (χ0v) is 17.8. The Morgan fingerprint density at radius 2 is 1.42 bits per heavy atom. The lowest BCUT2D eigenvalue weighted by Crippen LogP contribution is -2.36. The molecule has 0 radical (unpaired) electrons. The summed E-state index contributed by atoms with van der Waals surface area (Å²) in [7, 11) is 0. The van der Waals surface area contributed by atoms with Gasteiger partial charge in [0.1, 0.15) is 19.3 Å². The summed E-state index contributed by atoms with van der Waals surface area (Å²) >= 11 is 0. The average molecular weight is 430 g/mol. The molecule has 0 saturated heterocycles. The maximum atomic E-state index is 11.7. The standard InChI is InChI=1S/C24H30O7/c1-2-3-9-23(24(25)26)31-18-16-29-21-12-6-4-10-19(21)27-14-8-15-28-20-11-5-7-13-22(20)30-17-18/h4-7,10-13,18,23H,2-3,8-9,14-17H2,1H3,(H,25,26). The van der Waals surface area contributed by atoms with E-state index in [-0.39, 0.29) is 13.2 Å². The van der Waals surface area contributed by atoms with Gasteiger partial charge in [-0.05, 0) is 30.7 Å². The van der Waals surface area contributed by atoms with Gasteiger partial charge in [-0.1, -0.05) is 44.0 Å². The fourth-order valence-corrected chi connectivity index (χ4v) is 3.16. The number of carboxylic acid groups (broad SMARTS) is 1. The fourth-order valence-electron chi connectivity index (χ4n) is 3.16. The fraction of sp³-hybridized carbons (Fsp3) is 0.458. The Labute approximate surface area is 182 Å². The van der Waals surface area contributed by atoms with Gasteiger partial charge in [-0.3, -0.25) is 0 Å². The van der Waals surface area contributed by atoms with Crippen molar-refractivity contribution in [2.45, 2.75) is 44.8 Å². The van der Waals surface area contributed by atoms with Crippen LogP contribution >= 0.6 is 0 Å². The molecule has 0 fully saturated rings. The van der Waals surface area contributed by atoms with Crippen LogP contribution in [-0.2, 0) is 9.53 Å². The number of hydrogen-bond acceptors (Lipinski definition) is 6. The molecule has 0 amide bonds. The molecule has 1 unspecified atom stereocenters. The molecule has 1 heterocycles. The number of benzene rings is 2. The molecule has 0 aliphatic carbocycles. The molecule has 1 N–H and O–H groups in total. The van der Waals surface area contributed by atoms with Crippen LogP contribution in [0.5, 0.6) is 23.0 Å². The van der Waals surface area contributed by atoms with E-state index in [9.17, 15) is 9.90 Å². The number of hydrogen-bond donors (Lipinski definition) is 1. The van der Waals surface area contributed by atoms with Gasteiger partial charge in [0.2, 0.25) is 0 Å². The highest BCUT2D eigenvalue weighted by Crippen LogP contribution is 2.29. The summed E-state index contributed by atoms with van der Waals surface area (Å²) in [4.78, 5) is 11.7. The van der Waals surface area contributed by atoms with Crippen molar-refractivity contribution in [1.82, 2.24) is 0 Å². The Kier molecular flexibility index (Phi) is 8.84. The quantitative estimate of drug-likeness (QED) is 0.730. The number of carbonyl (C=O) groups is 1. The third kappa shape index (κ3) is 7.07. The molecule has 2 aromatic rings. The average Bonchev–Trinajstić information content (AvgIpc) is 2.78. The van der Waals surface area contributed by atoms with Gasteiger partial charge >= 0.3 is 5.97 Å². The minimum atomic E-state index is -0.986. The van der Waals surface area contributed by atoms with Crippen LogP contribution in [0.4, 0.5) is 0 Å². The Balaban J connectivity index is 1.79. The minimum absolute atomic E-state index is 0.124. The monoisotopic (exact) mass is 430 g/mol. The van der Waals surface area contributed by atoms with Crippen molar-refractivity contribution in [2.24, 2.45) is 0 Å². The molecule has 168 valence electrons. The van der Waals surface area contributed by atoms with Crippen LogP contribution in [0.1, 0.15) is 32.6 Å². The normalized spacial score (nSPS) is 16.2. The molecule has 0 spiro atoms. The van der Waals surface area contributed by atoms with E-state index in [1.54, 1.807) is 0 Å². The van der Waals surface area contributed by atoms with Gasteiger partial charge in [-0.2, -0.15) is 0 Å². The number of fused-ring (bicyclic) bond motifs is 2. The second kappa shape index (κ2) is 12.1. The van der Waals surface area contributed by atoms with Gasteiger partial charge in [0.25, 0.3) is 0 Å². The highest BCUT2D eigenvalue weighted by molar-refractivity contribution is 5.72. The molecule has 1 atom stereocenters. The molecule has 0 saturated carbocycles. The number of rotatable bonds is 6. The van der Waals surface area contributed by atoms with Crippen LogP contribution in [0.25, 0.3) is 0 Å². The van der Waals surface area contributed by atoms with E-state index in [0.717, 1.165) is 12.8 Å². The van der Waals surface area contributed by atoms with Crippen molar-refractivity contribution in [3.05, 3.63) is 48.5 Å². The zero-order chi connectivity index (χ0) is 21.9. The lowest BCUT2D eigenvalue weighted by Gasteiger charge is -2.24. The van der Waals surface area contributed by atoms with Crippen LogP contribution in [0.3, 0.4) is 0 Å². The first-order valence-corrected chi connectivity index (χ1v) is 10.7. The molecular formula is C24H30O7. The first-order chi connectivity index (χ1) is 15.2. The van der Waals surface area contributed by atoms with Crippen LogP contribution < -0.4 is 18.9 Å². The van der Waals surface area contributed by atoms with Gasteiger partial charge in [0, 0.05) is 6.42 Å². The van der Waals surface area contributed by atoms with Gasteiger partial charge in [0.05, 0.1) is 13.2 Å². The van der Waals surface area contributed by atoms with Crippen molar-refractivity contribution in [2.75, 3.05) is 26.4 Å². The zero-order valence-electron chi connectivity index (χ0n) is 17.8. The molecule has 0 aromatic heterocycles. The molecule has 31 heavy (non-hydrogen) atoms. The van der Waals surface area contributed by atoms with E-state index in [1.165, 1.54) is 0 Å². The number of unbranched alkanes of at least 4 members (excludes halogenated alkanes) is 1. The maximum Gasteiger partial charge on any atom is 0.332 e. The number of aliphatic carboxylic acids is 1. The summed E-state index contributed by atoms with van der Waals surface area (Å²) in [5.74, 6) is 1.42. The van der Waals surface area contributed by atoms with Crippen molar-refractivity contribution in [3.8, 4) is 23.0 Å². The first kappa shape index (κ1) is 22.7. The largest absolute Gasteiger partial charge is 0.490 e. The molecule has 2 aromatic carbocycles. The van der Waals surface area contributed by atoms with E-state index < -0.39 is 18.2 Å². The van der Waals surface area contributed by atoms with E-state index in [0.29, 0.717) is 49.1 Å². The second-order valence-corrected chi connectivity index (χ2v) is 7.29. The molecule has 1 aliphatic heterocycles. The molecule has 7 nitrogen and oxygen atoms in total. The predicted molar refractivity (Wildman–Crippen MR) is 115 cm³/mol. The lowest BCUT2D eigenvalue weighted by molar-refractivity contribution is -0.157. The number of carboxylic acids is 1. The summed E-state index contributed by atoms with van der Waals surface area (Å²) in [6.07, 6.45) is 1.27. The Hall–Kier alpha value is -2.93. The Bertz CT molecular complexity index is 770. The minimum Gasteiger partial charge on any atom is -0.490 e. The lowest BCUT2D eigenvalue weighted by atomic mass is 10.1. The van der Waals surface area contributed by atoms with E-state index in [2.05, 4.69) is 0 Å². The Morgan fingerprint density at radius 1 is 0.935 bits per heavy atom. The predicted octanol–water partition coefficient (Wildman–Crippen LogP) is 4.33. The summed E-state index contributed by atoms with van der Waals surface area (Å²) < 4.78 is 29.6. The van der Waals surface area contributed by atoms with Crippen LogP contribution in [0.15, 0.2) is 48.5 Å². The SMILES string of the molecule is CCCCC(OC1COc2ccccc2OCCCOc2ccccc2OC1)C(=O)O. The van der Waals surface area contributed by atoms with E-state index in [4.69, 9.17) is 23.7 Å². The van der Waals surface area contributed by atoms with Crippen molar-refractivity contribution in [1.29, 1.82) is 0 Å². The van der Waals surface area contributed by atoms with Crippen molar-refractivity contribution < 1.29 is 33.6 Å². The Morgan fingerprint density at radius 3 is 1.87 bits per heavy atom. The highest BCUT2D eigenvalue weighted by atomic mass is 16.6. The third-order valence-corrected chi connectivity index (χ3v) is 4.80. The summed E-state index contributed by atoms with van der Waals surface area (Å²) in [6, 6.07) is 14.8. The topological polar surface area (TPSA) is 83.5 Å². The van der Waals surface area contributed by atoms with Gasteiger partial charge in [-0.25, -0.2) is 4.79 Å². The first-order valence-electron chi connectivity index (χ1n) is 10.7. The smallest absolute Gasteiger partial charge is 0.332 e. The second-order valence-electron chi connectivity index (χ2n) is 7.29. The highest BCUT2D eigenvalue weighted by Gasteiger charge is 2.24. The van der Waals surface area contributed by atoms with Crippen molar-refractivity contribution >= 4 is 5.97 Å².